The van der Waals surface area contributed by atoms with E-state index in [0.29, 0.717) is 0 Å². The van der Waals surface area contributed by atoms with E-state index in [-0.39, 0.29) is 5.41 Å². The summed E-state index contributed by atoms with van der Waals surface area (Å²) in [5, 5.41) is 0. The molecule has 1 atom stereocenters. The normalized spacial score (nSPS) is 22.9. The monoisotopic (exact) mass is 341 g/mol. The number of hydrogen-bond acceptors (Lipinski definition) is 1. The Morgan fingerprint density at radius 2 is 2.12 bits per heavy atom. The summed E-state index contributed by atoms with van der Waals surface area (Å²) < 4.78 is 2.13. The molecule has 2 rings (SSSR count). The van der Waals surface area contributed by atoms with Crippen LogP contribution in [0.4, 0.5) is 5.69 Å². The van der Waals surface area contributed by atoms with Gasteiger partial charge in [-0.1, -0.05) is 22.0 Å². The van der Waals surface area contributed by atoms with Gasteiger partial charge < -0.3 is 0 Å². The first-order valence-electron chi connectivity index (χ1n) is 5.15. The Bertz CT molecular complexity index is 491. The van der Waals surface area contributed by atoms with Gasteiger partial charge in [0.2, 0.25) is 0 Å². The van der Waals surface area contributed by atoms with E-state index >= 15 is 0 Å². The molecule has 1 aliphatic heterocycles. The van der Waals surface area contributed by atoms with Gasteiger partial charge in [0.25, 0.3) is 0 Å². The fraction of sp³-hybridized carbons (Fsp3) is 0.308. The van der Waals surface area contributed by atoms with Crippen LogP contribution in [0.3, 0.4) is 0 Å². The molecule has 0 fully saturated rings. The van der Waals surface area contributed by atoms with Crippen LogP contribution in [0.2, 0.25) is 0 Å². The maximum absolute atomic E-state index is 4.67. The van der Waals surface area contributed by atoms with Gasteiger partial charge in [-0.3, -0.25) is 4.99 Å². The summed E-state index contributed by atoms with van der Waals surface area (Å²) in [7, 11) is 0. The topological polar surface area (TPSA) is 12.4 Å². The van der Waals surface area contributed by atoms with Crippen molar-refractivity contribution in [3.05, 3.63) is 39.3 Å². The molecule has 1 nitrogen and oxygen atoms in total. The zero-order chi connectivity index (χ0) is 11.9. The van der Waals surface area contributed by atoms with Crippen molar-refractivity contribution in [3.8, 4) is 0 Å². The van der Waals surface area contributed by atoms with Crippen molar-refractivity contribution in [2.24, 2.45) is 4.99 Å². The molecule has 0 radical (unpaired) electrons. The zero-order valence-corrected chi connectivity index (χ0v) is 12.5. The van der Waals surface area contributed by atoms with Gasteiger partial charge in [-0.05, 0) is 53.9 Å². The summed E-state index contributed by atoms with van der Waals surface area (Å²) in [6, 6.07) is 4.19. The maximum Gasteiger partial charge on any atom is 0.0813 e. The number of aliphatic imine (C=N–C) groups is 1. The molecule has 1 aromatic carbocycles. The first-order valence-corrected chi connectivity index (χ1v) is 6.74. The van der Waals surface area contributed by atoms with Crippen molar-refractivity contribution in [1.82, 2.24) is 0 Å². The van der Waals surface area contributed by atoms with Gasteiger partial charge in [-0.15, -0.1) is 6.58 Å². The fourth-order valence-corrected chi connectivity index (χ4v) is 3.45. The third-order valence-corrected chi connectivity index (χ3v) is 4.32. The van der Waals surface area contributed by atoms with Crippen molar-refractivity contribution < 1.29 is 0 Å². The molecule has 1 unspecified atom stereocenters. The van der Waals surface area contributed by atoms with Gasteiger partial charge in [-0.25, -0.2) is 0 Å². The number of benzene rings is 1. The Hall–Kier alpha value is -0.410. The van der Waals surface area contributed by atoms with Gasteiger partial charge in [0, 0.05) is 20.1 Å². The first-order chi connectivity index (χ1) is 7.49. The molecule has 84 valence electrons. The van der Waals surface area contributed by atoms with Gasteiger partial charge in [-0.2, -0.15) is 0 Å². The Morgan fingerprint density at radius 3 is 2.75 bits per heavy atom. The third-order valence-electron chi connectivity index (χ3n) is 3.25. The smallest absolute Gasteiger partial charge is 0.0813 e. The van der Waals surface area contributed by atoms with Gasteiger partial charge >= 0.3 is 0 Å². The molecule has 16 heavy (non-hydrogen) atoms. The van der Waals surface area contributed by atoms with Crippen molar-refractivity contribution in [2.45, 2.75) is 25.7 Å². The molecule has 0 bridgehead atoms. The molecular weight excluding hydrogens is 330 g/mol. The molecule has 1 aromatic rings. The van der Waals surface area contributed by atoms with Crippen LogP contribution in [0.15, 0.2) is 38.7 Å². The molecule has 0 aromatic heterocycles. The molecule has 0 N–H and O–H groups in total. The van der Waals surface area contributed by atoms with Crippen LogP contribution in [0.25, 0.3) is 0 Å². The van der Waals surface area contributed by atoms with Crippen LogP contribution >= 0.6 is 31.9 Å². The molecule has 3 heteroatoms. The van der Waals surface area contributed by atoms with E-state index in [1.54, 1.807) is 0 Å². The van der Waals surface area contributed by atoms with E-state index in [2.05, 4.69) is 63.3 Å². The van der Waals surface area contributed by atoms with Crippen molar-refractivity contribution in [2.75, 3.05) is 0 Å². The van der Waals surface area contributed by atoms with E-state index in [4.69, 9.17) is 0 Å². The van der Waals surface area contributed by atoms with E-state index in [0.717, 1.165) is 26.8 Å². The van der Waals surface area contributed by atoms with E-state index < -0.39 is 0 Å². The third kappa shape index (κ3) is 1.70. The number of nitrogens with zero attached hydrogens (tertiary/aromatic N) is 1. The molecule has 1 heterocycles. The highest BCUT2D eigenvalue weighted by molar-refractivity contribution is 9.11. The van der Waals surface area contributed by atoms with Crippen molar-refractivity contribution in [3.63, 3.8) is 0 Å². The van der Waals surface area contributed by atoms with Crippen LogP contribution < -0.4 is 0 Å². The van der Waals surface area contributed by atoms with Gasteiger partial charge in [0.15, 0.2) is 0 Å². The lowest BCUT2D eigenvalue weighted by Crippen LogP contribution is -2.26. The standard InChI is InChI=1S/C13H13Br2N/c1-4-5-13(3)8(2)16-12-10(13)6-9(14)7-11(12)15/h4,6-7H,1,5H2,2-3H3. The highest BCUT2D eigenvalue weighted by Gasteiger charge is 2.36. The van der Waals surface area contributed by atoms with E-state index in [1.807, 2.05) is 12.1 Å². The molecular formula is C13H13Br2N. The summed E-state index contributed by atoms with van der Waals surface area (Å²) in [5.74, 6) is 0. The lowest BCUT2D eigenvalue weighted by molar-refractivity contribution is 0.661. The number of rotatable bonds is 2. The predicted molar refractivity (Wildman–Crippen MR) is 76.8 cm³/mol. The summed E-state index contributed by atoms with van der Waals surface area (Å²) in [5.41, 5.74) is 3.47. The molecule has 0 saturated carbocycles. The van der Waals surface area contributed by atoms with E-state index in [9.17, 15) is 0 Å². The summed E-state index contributed by atoms with van der Waals surface area (Å²) in [4.78, 5) is 4.67. The minimum Gasteiger partial charge on any atom is -0.256 e. The second-order valence-electron chi connectivity index (χ2n) is 4.31. The quantitative estimate of drug-likeness (QED) is 0.659. The van der Waals surface area contributed by atoms with Crippen molar-refractivity contribution >= 4 is 43.3 Å². The van der Waals surface area contributed by atoms with Crippen LogP contribution in [0.5, 0.6) is 0 Å². The lowest BCUT2D eigenvalue weighted by Gasteiger charge is -2.24. The van der Waals surface area contributed by atoms with Crippen LogP contribution in [0.1, 0.15) is 25.8 Å². The largest absolute Gasteiger partial charge is 0.256 e. The summed E-state index contributed by atoms with van der Waals surface area (Å²) in [6.45, 7) is 8.15. The SMILES string of the molecule is C=CCC1(C)C(C)=Nc2c(Br)cc(Br)cc21. The number of halogens is 2. The lowest BCUT2D eigenvalue weighted by atomic mass is 9.77. The molecule has 0 saturated heterocycles. The second-order valence-corrected chi connectivity index (χ2v) is 6.08. The highest BCUT2D eigenvalue weighted by Crippen LogP contribution is 2.47. The number of allylic oxidation sites excluding steroid dienone is 1. The Labute approximate surface area is 113 Å². The maximum atomic E-state index is 4.67. The summed E-state index contributed by atoms with van der Waals surface area (Å²) in [6.07, 6.45) is 2.88. The molecule has 0 aliphatic carbocycles. The molecule has 1 aliphatic rings. The van der Waals surface area contributed by atoms with Crippen LogP contribution in [0, 0.1) is 0 Å². The van der Waals surface area contributed by atoms with E-state index in [1.165, 1.54) is 5.56 Å². The Balaban J connectivity index is 2.66. The first kappa shape index (κ1) is 12.1. The number of hydrogen-bond donors (Lipinski definition) is 0. The average molecular weight is 343 g/mol. The fourth-order valence-electron chi connectivity index (χ4n) is 2.13. The highest BCUT2D eigenvalue weighted by atomic mass is 79.9. The number of fused-ring (bicyclic) bond motifs is 1. The minimum absolute atomic E-state index is 0.0105. The predicted octanol–water partition coefficient (Wildman–Crippen LogP) is 5.15. The van der Waals surface area contributed by atoms with Crippen LogP contribution in [-0.2, 0) is 5.41 Å². The second kappa shape index (κ2) is 4.11. The Morgan fingerprint density at radius 1 is 1.44 bits per heavy atom. The Kier molecular flexibility index (Phi) is 3.10. The average Bonchev–Trinajstić information content (AvgIpc) is 2.43. The minimum atomic E-state index is -0.0105. The summed E-state index contributed by atoms with van der Waals surface area (Å²) >= 11 is 7.10. The van der Waals surface area contributed by atoms with Gasteiger partial charge in [0.1, 0.15) is 0 Å². The molecule has 0 spiro atoms. The van der Waals surface area contributed by atoms with Gasteiger partial charge in [0.05, 0.1) is 5.69 Å². The molecule has 0 amide bonds. The zero-order valence-electron chi connectivity index (χ0n) is 9.35. The van der Waals surface area contributed by atoms with Crippen molar-refractivity contribution in [1.29, 1.82) is 0 Å². The van der Waals surface area contributed by atoms with Crippen LogP contribution in [-0.4, -0.2) is 5.71 Å².